The highest BCUT2D eigenvalue weighted by Gasteiger charge is 2.11. The van der Waals surface area contributed by atoms with Crippen molar-refractivity contribution in [2.75, 3.05) is 13.2 Å². The minimum atomic E-state index is -0.459. The molecule has 0 aliphatic rings. The number of nitrogens with zero attached hydrogens (tertiary/aromatic N) is 1. The van der Waals surface area contributed by atoms with Crippen LogP contribution in [-0.2, 0) is 6.54 Å². The van der Waals surface area contributed by atoms with Crippen LogP contribution in [0.5, 0.6) is 5.75 Å². The van der Waals surface area contributed by atoms with Gasteiger partial charge in [-0.25, -0.2) is 0 Å². The zero-order valence-electron chi connectivity index (χ0n) is 10.5. The van der Waals surface area contributed by atoms with Crippen LogP contribution in [0.15, 0.2) is 18.2 Å². The van der Waals surface area contributed by atoms with Crippen LogP contribution in [0.3, 0.4) is 0 Å². The van der Waals surface area contributed by atoms with Crippen molar-refractivity contribution in [3.63, 3.8) is 0 Å². The molecule has 0 fully saturated rings. The SMILES string of the molecule is CCOc1ccc([N+](=O)[O-])cc1CNCC(C)O. The Bertz CT molecular complexity index is 407. The lowest BCUT2D eigenvalue weighted by atomic mass is 10.1. The van der Waals surface area contributed by atoms with E-state index < -0.39 is 11.0 Å². The number of non-ortho nitro benzene ring substituents is 1. The number of hydrogen-bond donors (Lipinski definition) is 2. The highest BCUT2D eigenvalue weighted by molar-refractivity contribution is 5.43. The number of aliphatic hydroxyl groups excluding tert-OH is 1. The highest BCUT2D eigenvalue weighted by atomic mass is 16.6. The zero-order chi connectivity index (χ0) is 13.5. The van der Waals surface area contributed by atoms with Crippen molar-refractivity contribution >= 4 is 5.69 Å². The summed E-state index contributed by atoms with van der Waals surface area (Å²) in [5.74, 6) is 0.626. The van der Waals surface area contributed by atoms with Crippen molar-refractivity contribution in [3.05, 3.63) is 33.9 Å². The maximum Gasteiger partial charge on any atom is 0.270 e. The monoisotopic (exact) mass is 254 g/mol. The summed E-state index contributed by atoms with van der Waals surface area (Å²) in [6.07, 6.45) is -0.459. The van der Waals surface area contributed by atoms with Gasteiger partial charge in [0.05, 0.1) is 17.6 Å². The second-order valence-corrected chi connectivity index (χ2v) is 3.96. The Labute approximate surface area is 106 Å². The Balaban J connectivity index is 2.82. The lowest BCUT2D eigenvalue weighted by molar-refractivity contribution is -0.384. The largest absolute Gasteiger partial charge is 0.494 e. The van der Waals surface area contributed by atoms with E-state index in [1.807, 2.05) is 6.92 Å². The zero-order valence-corrected chi connectivity index (χ0v) is 10.5. The van der Waals surface area contributed by atoms with Crippen LogP contribution >= 0.6 is 0 Å². The maximum absolute atomic E-state index is 10.7. The number of benzene rings is 1. The van der Waals surface area contributed by atoms with E-state index in [9.17, 15) is 10.1 Å². The molecule has 0 aliphatic heterocycles. The van der Waals surface area contributed by atoms with E-state index in [2.05, 4.69) is 5.32 Å². The summed E-state index contributed by atoms with van der Waals surface area (Å²) < 4.78 is 5.40. The smallest absolute Gasteiger partial charge is 0.270 e. The third-order valence-corrected chi connectivity index (χ3v) is 2.31. The van der Waals surface area contributed by atoms with Gasteiger partial charge in [-0.3, -0.25) is 10.1 Å². The Kier molecular flexibility index (Phi) is 5.54. The first kappa shape index (κ1) is 14.4. The van der Waals surface area contributed by atoms with Crippen molar-refractivity contribution in [3.8, 4) is 5.75 Å². The van der Waals surface area contributed by atoms with E-state index in [0.29, 0.717) is 31.0 Å². The van der Waals surface area contributed by atoms with Gasteiger partial charge in [0.1, 0.15) is 5.75 Å². The molecule has 0 radical (unpaired) electrons. The number of nitrogens with one attached hydrogen (secondary N) is 1. The molecule has 0 spiro atoms. The van der Waals surface area contributed by atoms with Gasteiger partial charge in [0.2, 0.25) is 0 Å². The van der Waals surface area contributed by atoms with Crippen molar-refractivity contribution in [2.24, 2.45) is 0 Å². The Hall–Kier alpha value is -1.66. The van der Waals surface area contributed by atoms with E-state index in [4.69, 9.17) is 9.84 Å². The molecule has 0 amide bonds. The third-order valence-electron chi connectivity index (χ3n) is 2.31. The summed E-state index contributed by atoms with van der Waals surface area (Å²) in [5.41, 5.74) is 0.749. The van der Waals surface area contributed by atoms with Gasteiger partial charge < -0.3 is 15.2 Å². The second kappa shape index (κ2) is 6.93. The van der Waals surface area contributed by atoms with Gasteiger partial charge in [-0.05, 0) is 19.9 Å². The molecule has 1 unspecified atom stereocenters. The number of nitro groups is 1. The van der Waals surface area contributed by atoms with Crippen LogP contribution in [0.25, 0.3) is 0 Å². The van der Waals surface area contributed by atoms with Gasteiger partial charge in [-0.15, -0.1) is 0 Å². The first-order valence-corrected chi connectivity index (χ1v) is 5.83. The summed E-state index contributed by atoms with van der Waals surface area (Å²) in [4.78, 5) is 10.3. The van der Waals surface area contributed by atoms with E-state index >= 15 is 0 Å². The topological polar surface area (TPSA) is 84.6 Å². The summed E-state index contributed by atoms with van der Waals surface area (Å²) >= 11 is 0. The fourth-order valence-corrected chi connectivity index (χ4v) is 1.53. The fourth-order valence-electron chi connectivity index (χ4n) is 1.53. The van der Waals surface area contributed by atoms with Crippen LogP contribution in [0.4, 0.5) is 5.69 Å². The van der Waals surface area contributed by atoms with E-state index in [1.54, 1.807) is 13.0 Å². The Morgan fingerprint density at radius 3 is 2.83 bits per heavy atom. The first-order valence-electron chi connectivity index (χ1n) is 5.83. The van der Waals surface area contributed by atoms with E-state index in [-0.39, 0.29) is 5.69 Å². The molecular formula is C12H18N2O4. The quantitative estimate of drug-likeness (QED) is 0.568. The average molecular weight is 254 g/mol. The van der Waals surface area contributed by atoms with Crippen molar-refractivity contribution in [1.82, 2.24) is 5.32 Å². The van der Waals surface area contributed by atoms with Gasteiger partial charge in [0.15, 0.2) is 0 Å². The summed E-state index contributed by atoms with van der Waals surface area (Å²) in [6.45, 7) is 4.87. The molecule has 0 bridgehead atoms. The molecule has 1 atom stereocenters. The number of rotatable bonds is 7. The molecule has 100 valence electrons. The summed E-state index contributed by atoms with van der Waals surface area (Å²) in [6, 6.07) is 4.50. The molecule has 18 heavy (non-hydrogen) atoms. The van der Waals surface area contributed by atoms with Crippen molar-refractivity contribution < 1.29 is 14.8 Å². The molecule has 0 aliphatic carbocycles. The predicted octanol–water partition coefficient (Wildman–Crippen LogP) is 1.46. The van der Waals surface area contributed by atoms with Gasteiger partial charge >= 0.3 is 0 Å². The molecule has 1 aromatic carbocycles. The molecule has 6 nitrogen and oxygen atoms in total. The molecular weight excluding hydrogens is 236 g/mol. The van der Waals surface area contributed by atoms with Crippen LogP contribution in [0, 0.1) is 10.1 Å². The van der Waals surface area contributed by atoms with Gasteiger partial charge in [-0.1, -0.05) is 0 Å². The van der Waals surface area contributed by atoms with Gasteiger partial charge in [0.25, 0.3) is 5.69 Å². The molecule has 0 heterocycles. The van der Waals surface area contributed by atoms with Crippen LogP contribution in [0.2, 0.25) is 0 Å². The molecule has 1 rings (SSSR count). The standard InChI is InChI=1S/C12H18N2O4/c1-3-18-12-5-4-11(14(16)17)6-10(12)8-13-7-9(2)15/h4-6,9,13,15H,3,7-8H2,1-2H3. The molecule has 0 saturated carbocycles. The van der Waals surface area contributed by atoms with E-state index in [1.165, 1.54) is 12.1 Å². The predicted molar refractivity (Wildman–Crippen MR) is 67.7 cm³/mol. The van der Waals surface area contributed by atoms with Gasteiger partial charge in [0, 0.05) is 30.8 Å². The molecule has 1 aromatic rings. The van der Waals surface area contributed by atoms with Gasteiger partial charge in [-0.2, -0.15) is 0 Å². The number of nitro benzene ring substituents is 1. The van der Waals surface area contributed by atoms with Crippen LogP contribution in [0.1, 0.15) is 19.4 Å². The number of aliphatic hydroxyl groups is 1. The Morgan fingerprint density at radius 1 is 1.56 bits per heavy atom. The molecule has 0 aromatic heterocycles. The highest BCUT2D eigenvalue weighted by Crippen LogP contribution is 2.24. The lowest BCUT2D eigenvalue weighted by Gasteiger charge is -2.11. The van der Waals surface area contributed by atoms with E-state index in [0.717, 1.165) is 0 Å². The maximum atomic E-state index is 10.7. The van der Waals surface area contributed by atoms with Crippen LogP contribution < -0.4 is 10.1 Å². The molecule has 0 saturated heterocycles. The minimum absolute atomic E-state index is 0.0345. The second-order valence-electron chi connectivity index (χ2n) is 3.96. The number of hydrogen-bond acceptors (Lipinski definition) is 5. The normalized spacial score (nSPS) is 12.2. The minimum Gasteiger partial charge on any atom is -0.494 e. The number of ether oxygens (including phenoxy) is 1. The van der Waals surface area contributed by atoms with Crippen molar-refractivity contribution in [2.45, 2.75) is 26.5 Å². The summed E-state index contributed by atoms with van der Waals surface area (Å²) in [5, 5.41) is 22.9. The third kappa shape index (κ3) is 4.31. The fraction of sp³-hybridized carbons (Fsp3) is 0.500. The van der Waals surface area contributed by atoms with Crippen molar-refractivity contribution in [1.29, 1.82) is 0 Å². The lowest BCUT2D eigenvalue weighted by Crippen LogP contribution is -2.24. The molecule has 6 heteroatoms. The first-order chi connectivity index (χ1) is 8.54. The summed E-state index contributed by atoms with van der Waals surface area (Å²) in [7, 11) is 0. The van der Waals surface area contributed by atoms with Crippen LogP contribution in [-0.4, -0.2) is 29.3 Å². The molecule has 2 N–H and O–H groups in total. The Morgan fingerprint density at radius 2 is 2.28 bits per heavy atom. The average Bonchev–Trinajstić information content (AvgIpc) is 2.30.